The molecule has 1 aromatic heterocycles. The first-order valence-corrected chi connectivity index (χ1v) is 11.4. The van der Waals surface area contributed by atoms with Crippen molar-refractivity contribution in [2.75, 3.05) is 12.8 Å². The normalized spacial score (nSPS) is 20.0. The van der Waals surface area contributed by atoms with Gasteiger partial charge in [-0.05, 0) is 42.7 Å². The lowest BCUT2D eigenvalue weighted by molar-refractivity contribution is 0.169. The van der Waals surface area contributed by atoms with E-state index in [-0.39, 0.29) is 16.8 Å². The number of aromatic nitrogens is 2. The van der Waals surface area contributed by atoms with Gasteiger partial charge in [0, 0.05) is 24.9 Å². The lowest BCUT2D eigenvalue weighted by Gasteiger charge is -2.21. The van der Waals surface area contributed by atoms with Gasteiger partial charge in [-0.2, -0.15) is 4.98 Å². The summed E-state index contributed by atoms with van der Waals surface area (Å²) in [5.74, 6) is 0.312. The zero-order valence-electron chi connectivity index (χ0n) is 16.6. The van der Waals surface area contributed by atoms with Gasteiger partial charge >= 0.3 is 0 Å². The molecule has 1 saturated heterocycles. The Balaban J connectivity index is 1.54. The third kappa shape index (κ3) is 4.28. The van der Waals surface area contributed by atoms with E-state index in [1.807, 2.05) is 4.90 Å². The Morgan fingerprint density at radius 2 is 1.97 bits per heavy atom. The Bertz CT molecular complexity index is 1160. The molecular formula is C21H22FN3O4S. The highest BCUT2D eigenvalue weighted by Gasteiger charge is 2.36. The van der Waals surface area contributed by atoms with Crippen molar-refractivity contribution >= 4 is 9.84 Å². The maximum Gasteiger partial charge on any atom is 0.244 e. The molecule has 0 aliphatic carbocycles. The van der Waals surface area contributed by atoms with Crippen molar-refractivity contribution in [1.29, 1.82) is 0 Å². The van der Waals surface area contributed by atoms with Crippen LogP contribution in [0.3, 0.4) is 0 Å². The van der Waals surface area contributed by atoms with Gasteiger partial charge in [0.05, 0.1) is 17.0 Å². The summed E-state index contributed by atoms with van der Waals surface area (Å²) in [5.41, 5.74) is 1.96. The summed E-state index contributed by atoms with van der Waals surface area (Å²) in [4.78, 5) is 6.70. The van der Waals surface area contributed by atoms with Crippen LogP contribution in [0.2, 0.25) is 0 Å². The molecule has 1 aliphatic heterocycles. The zero-order chi connectivity index (χ0) is 21.5. The fourth-order valence-electron chi connectivity index (χ4n) is 3.61. The summed E-state index contributed by atoms with van der Waals surface area (Å²) in [6.07, 6.45) is 1.06. The van der Waals surface area contributed by atoms with Crippen molar-refractivity contribution < 1.29 is 22.4 Å². The molecule has 9 heteroatoms. The van der Waals surface area contributed by atoms with Crippen LogP contribution in [-0.2, 0) is 16.4 Å². The van der Waals surface area contributed by atoms with Gasteiger partial charge in [-0.15, -0.1) is 0 Å². The monoisotopic (exact) mass is 431 g/mol. The molecular weight excluding hydrogens is 409 g/mol. The number of aryl methyl sites for hydroxylation is 1. The quantitative estimate of drug-likeness (QED) is 0.663. The average Bonchev–Trinajstić information content (AvgIpc) is 3.30. The van der Waals surface area contributed by atoms with Gasteiger partial charge in [0.2, 0.25) is 11.7 Å². The van der Waals surface area contributed by atoms with Gasteiger partial charge < -0.3 is 9.63 Å². The van der Waals surface area contributed by atoms with Crippen molar-refractivity contribution in [3.05, 3.63) is 65.3 Å². The van der Waals surface area contributed by atoms with Crippen LogP contribution in [0.5, 0.6) is 0 Å². The maximum absolute atomic E-state index is 13.9. The molecule has 3 aromatic rings. The molecule has 0 bridgehead atoms. The molecule has 2 atom stereocenters. The van der Waals surface area contributed by atoms with E-state index in [9.17, 15) is 17.9 Å². The molecule has 1 fully saturated rings. The van der Waals surface area contributed by atoms with Gasteiger partial charge in [0.15, 0.2) is 9.84 Å². The summed E-state index contributed by atoms with van der Waals surface area (Å²) < 4.78 is 42.6. The lowest BCUT2D eigenvalue weighted by Crippen LogP contribution is -2.24. The molecule has 0 saturated carbocycles. The molecule has 1 aliphatic rings. The van der Waals surface area contributed by atoms with E-state index >= 15 is 0 Å². The zero-order valence-corrected chi connectivity index (χ0v) is 17.4. The Morgan fingerprint density at radius 3 is 2.63 bits per heavy atom. The van der Waals surface area contributed by atoms with E-state index in [1.54, 1.807) is 43.3 Å². The van der Waals surface area contributed by atoms with Gasteiger partial charge in [0.25, 0.3) is 0 Å². The third-order valence-corrected chi connectivity index (χ3v) is 6.40. The van der Waals surface area contributed by atoms with E-state index in [0.717, 1.165) is 5.56 Å². The van der Waals surface area contributed by atoms with Crippen molar-refractivity contribution in [2.24, 2.45) is 0 Å². The minimum atomic E-state index is -3.25. The number of aliphatic hydroxyl groups excluding tert-OH is 1. The predicted molar refractivity (Wildman–Crippen MR) is 108 cm³/mol. The summed E-state index contributed by atoms with van der Waals surface area (Å²) in [5, 5.41) is 14.2. The van der Waals surface area contributed by atoms with Crippen LogP contribution in [0, 0.1) is 12.7 Å². The molecule has 1 N–H and O–H groups in total. The Morgan fingerprint density at radius 1 is 1.23 bits per heavy atom. The van der Waals surface area contributed by atoms with Gasteiger partial charge in [-0.25, -0.2) is 12.8 Å². The van der Waals surface area contributed by atoms with E-state index in [2.05, 4.69) is 10.1 Å². The Labute approximate surface area is 174 Å². The molecule has 2 unspecified atom stereocenters. The first-order valence-electron chi connectivity index (χ1n) is 9.52. The van der Waals surface area contributed by atoms with Gasteiger partial charge in [-0.1, -0.05) is 29.4 Å². The summed E-state index contributed by atoms with van der Waals surface area (Å²) in [7, 11) is -3.25. The topological polar surface area (TPSA) is 96.5 Å². The maximum atomic E-state index is 13.9. The number of β-amino-alcohol motifs (C(OH)–C–C–N with tert-alkyl or cyclic N) is 1. The molecule has 30 heavy (non-hydrogen) atoms. The van der Waals surface area contributed by atoms with Crippen LogP contribution in [0.15, 0.2) is 51.9 Å². The van der Waals surface area contributed by atoms with Crippen LogP contribution in [-0.4, -0.2) is 47.5 Å². The number of hydrogen-bond acceptors (Lipinski definition) is 7. The first-order chi connectivity index (χ1) is 14.2. The number of sulfone groups is 1. The Kier molecular flexibility index (Phi) is 5.44. The second-order valence-corrected chi connectivity index (χ2v) is 9.69. The molecule has 0 amide bonds. The molecule has 0 spiro atoms. The molecule has 158 valence electrons. The van der Waals surface area contributed by atoms with Crippen LogP contribution in [0.25, 0.3) is 11.4 Å². The molecule has 7 nitrogen and oxygen atoms in total. The summed E-state index contributed by atoms with van der Waals surface area (Å²) >= 11 is 0. The van der Waals surface area contributed by atoms with E-state index in [0.29, 0.717) is 42.4 Å². The first kappa shape index (κ1) is 20.6. The average molecular weight is 431 g/mol. The molecule has 2 heterocycles. The summed E-state index contributed by atoms with van der Waals surface area (Å²) in [6.45, 7) is 2.60. The number of benzene rings is 2. The fourth-order valence-corrected chi connectivity index (χ4v) is 4.24. The fraction of sp³-hybridized carbons (Fsp3) is 0.333. The largest absolute Gasteiger partial charge is 0.392 e. The van der Waals surface area contributed by atoms with Gasteiger partial charge in [0.1, 0.15) is 5.82 Å². The van der Waals surface area contributed by atoms with E-state index in [4.69, 9.17) is 4.52 Å². The highest BCUT2D eigenvalue weighted by molar-refractivity contribution is 7.90. The number of halogens is 1. The highest BCUT2D eigenvalue weighted by atomic mass is 32.2. The second-order valence-electron chi connectivity index (χ2n) is 7.67. The molecule has 2 aromatic carbocycles. The highest BCUT2D eigenvalue weighted by Crippen LogP contribution is 2.33. The minimum absolute atomic E-state index is 0.260. The number of likely N-dealkylation sites (tertiary alicyclic amines) is 1. The SMILES string of the molecule is Cc1ccc(-c2noc(C3CC(O)CN3Cc3ccc(S(C)(=O)=O)cc3)n2)cc1F. The van der Waals surface area contributed by atoms with E-state index in [1.165, 1.54) is 12.3 Å². The van der Waals surface area contributed by atoms with Crippen molar-refractivity contribution in [2.45, 2.75) is 36.9 Å². The smallest absolute Gasteiger partial charge is 0.244 e. The van der Waals surface area contributed by atoms with Crippen LogP contribution in [0.1, 0.15) is 29.5 Å². The standard InChI is InChI=1S/C21H22FN3O4S/c1-13-3-6-15(9-18(13)22)20-23-21(29-24-20)19-10-16(26)12-25(19)11-14-4-7-17(8-5-14)30(2,27)28/h3-9,16,19,26H,10-12H2,1-2H3. The van der Waals surface area contributed by atoms with Crippen molar-refractivity contribution in [3.63, 3.8) is 0 Å². The number of nitrogens with zero attached hydrogens (tertiary/aromatic N) is 3. The van der Waals surface area contributed by atoms with Crippen molar-refractivity contribution in [3.8, 4) is 11.4 Å². The molecule has 0 radical (unpaired) electrons. The van der Waals surface area contributed by atoms with E-state index < -0.39 is 15.9 Å². The third-order valence-electron chi connectivity index (χ3n) is 5.28. The second kappa shape index (κ2) is 7.90. The Hall–Kier alpha value is -2.62. The van der Waals surface area contributed by atoms with Crippen molar-refractivity contribution in [1.82, 2.24) is 15.0 Å². The molecule has 4 rings (SSSR count). The summed E-state index contributed by atoms with van der Waals surface area (Å²) in [6, 6.07) is 11.1. The van der Waals surface area contributed by atoms with Crippen LogP contribution in [0.4, 0.5) is 4.39 Å². The van der Waals surface area contributed by atoms with Crippen LogP contribution < -0.4 is 0 Å². The number of aliphatic hydroxyl groups is 1. The van der Waals surface area contributed by atoms with Gasteiger partial charge in [-0.3, -0.25) is 4.90 Å². The lowest BCUT2D eigenvalue weighted by atomic mass is 10.1. The van der Waals surface area contributed by atoms with Crippen LogP contribution >= 0.6 is 0 Å². The predicted octanol–water partition coefficient (Wildman–Crippen LogP) is 2.90. The minimum Gasteiger partial charge on any atom is -0.392 e. The number of rotatable bonds is 5. The number of hydrogen-bond donors (Lipinski definition) is 1.